The summed E-state index contributed by atoms with van der Waals surface area (Å²) in [6.07, 6.45) is 0. The van der Waals surface area contributed by atoms with Crippen LogP contribution in [0.2, 0.25) is 0 Å². The van der Waals surface area contributed by atoms with Gasteiger partial charge in [0.2, 0.25) is 11.9 Å². The molecule has 7 heteroatoms. The number of hydrogen-bond donors (Lipinski definition) is 0. The standard InChI is InChI=1S/C57H34N6O/c1-8-24-45-37(16-1)38-17-2-9-25-46(38)61(45)51-30-15-23-36(35-32-33-44-43-22-7-14-31-52(43)64-53(44)34-35)54(51)55-58-56(62-47-26-10-3-18-39(47)40-19-4-11-27-48(40)62)60-57(59-55)63-49-28-12-5-20-41(49)42-21-6-13-29-50(42)63/h1-34H/i3D,4D,5D,6D,10D,11D,12D,13D,18D,19D,20D,21D,26D,27D,28D,29D. The molecule has 0 fully saturated rings. The minimum absolute atomic E-state index is 0.199. The van der Waals surface area contributed by atoms with Gasteiger partial charge in [0, 0.05) is 43.1 Å². The van der Waals surface area contributed by atoms with Crippen LogP contribution >= 0.6 is 0 Å². The second-order valence-electron chi connectivity index (χ2n) is 15.2. The molecule has 14 aromatic rings. The summed E-state index contributed by atoms with van der Waals surface area (Å²) in [6, 6.07) is 23.6. The molecule has 0 aliphatic carbocycles. The predicted molar refractivity (Wildman–Crippen MR) is 261 cm³/mol. The van der Waals surface area contributed by atoms with Gasteiger partial charge in [0.15, 0.2) is 5.82 Å². The van der Waals surface area contributed by atoms with E-state index in [1.807, 2.05) is 114 Å². The van der Waals surface area contributed by atoms with E-state index < -0.39 is 109 Å². The van der Waals surface area contributed by atoms with Crippen LogP contribution in [0.1, 0.15) is 21.9 Å². The highest BCUT2D eigenvalue weighted by Crippen LogP contribution is 2.43. The molecule has 0 spiro atoms. The SMILES string of the molecule is [2H]c1c([2H])c([2H])c2c(c1[2H])c1c([2H])c([2H])c([2H])c([2H])c1n2-c1nc(-c2c(-c3ccc4c(c3)oc3ccccc34)cccc2-n2c3ccccc3c3ccccc32)nc(-n2c3c([2H])c([2H])c([2H])c([2H])c3c3c([2H])c([2H])c([2H])c([2H])c32)n1. The largest absolute Gasteiger partial charge is 0.456 e. The Morgan fingerprint density at radius 1 is 0.375 bits per heavy atom. The summed E-state index contributed by atoms with van der Waals surface area (Å²) in [6.45, 7) is 0. The Morgan fingerprint density at radius 3 is 1.42 bits per heavy atom. The average molecular weight is 835 g/mol. The number of benzene rings is 9. The molecule has 5 aromatic heterocycles. The summed E-state index contributed by atoms with van der Waals surface area (Å²) in [7, 11) is 0. The molecule has 14 rings (SSSR count). The van der Waals surface area contributed by atoms with Crippen molar-refractivity contribution in [1.82, 2.24) is 28.7 Å². The Labute approximate surface area is 387 Å². The van der Waals surface area contributed by atoms with Crippen LogP contribution in [0.5, 0.6) is 0 Å². The normalized spacial score (nSPS) is 15.6. The number of rotatable bonds is 5. The van der Waals surface area contributed by atoms with Gasteiger partial charge >= 0.3 is 0 Å². The molecule has 0 N–H and O–H groups in total. The lowest BCUT2D eigenvalue weighted by Crippen LogP contribution is -2.11. The van der Waals surface area contributed by atoms with Crippen molar-refractivity contribution in [1.29, 1.82) is 0 Å². The van der Waals surface area contributed by atoms with Crippen molar-refractivity contribution in [3.8, 4) is 40.1 Å². The molecule has 0 bridgehead atoms. The van der Waals surface area contributed by atoms with E-state index in [9.17, 15) is 11.0 Å². The molecule has 5 heterocycles. The van der Waals surface area contributed by atoms with Crippen molar-refractivity contribution in [2.75, 3.05) is 0 Å². The van der Waals surface area contributed by atoms with Gasteiger partial charge in [-0.1, -0.05) is 145 Å². The third-order valence-electron chi connectivity index (χ3n) is 11.9. The maximum Gasteiger partial charge on any atom is 0.240 e. The maximum atomic E-state index is 9.46. The highest BCUT2D eigenvalue weighted by atomic mass is 16.3. The summed E-state index contributed by atoms with van der Waals surface area (Å²) in [5.74, 6) is -1.21. The third kappa shape index (κ3) is 4.94. The fraction of sp³-hybridized carbons (Fsp3) is 0. The van der Waals surface area contributed by atoms with Gasteiger partial charge < -0.3 is 8.98 Å². The van der Waals surface area contributed by atoms with E-state index in [1.54, 1.807) is 0 Å². The number of para-hydroxylation sites is 7. The highest BCUT2D eigenvalue weighted by molar-refractivity contribution is 6.12. The lowest BCUT2D eigenvalue weighted by Gasteiger charge is -2.19. The van der Waals surface area contributed by atoms with Gasteiger partial charge in [-0.3, -0.25) is 9.13 Å². The third-order valence-corrected chi connectivity index (χ3v) is 11.9. The monoisotopic (exact) mass is 834 g/mol. The molecule has 0 atom stereocenters. The molecule has 9 aromatic carbocycles. The van der Waals surface area contributed by atoms with E-state index in [1.165, 1.54) is 0 Å². The summed E-state index contributed by atoms with van der Waals surface area (Å²) >= 11 is 0. The topological polar surface area (TPSA) is 66.6 Å². The summed E-state index contributed by atoms with van der Waals surface area (Å²) in [5.41, 5.74) is 3.17. The molecule has 0 saturated carbocycles. The first-order valence-corrected chi connectivity index (χ1v) is 20.2. The van der Waals surface area contributed by atoms with Crippen LogP contribution in [0.25, 0.3) is 127 Å². The first-order chi connectivity index (χ1) is 38.4. The molecule has 0 radical (unpaired) electrons. The van der Waals surface area contributed by atoms with Crippen molar-refractivity contribution >= 4 is 87.4 Å². The molecule has 0 unspecified atom stereocenters. The quantitative estimate of drug-likeness (QED) is 0.173. The Morgan fingerprint density at radius 2 is 0.859 bits per heavy atom. The molecule has 7 nitrogen and oxygen atoms in total. The van der Waals surface area contributed by atoms with Crippen molar-refractivity contribution in [3.63, 3.8) is 0 Å². The summed E-state index contributed by atoms with van der Waals surface area (Å²) < 4.78 is 156. The number of fused-ring (bicyclic) bond motifs is 12. The lowest BCUT2D eigenvalue weighted by molar-refractivity contribution is 0.669. The number of aromatic nitrogens is 6. The molecule has 0 amide bonds. The van der Waals surface area contributed by atoms with Crippen LogP contribution in [0.15, 0.2) is 210 Å². The molecular formula is C57H34N6O. The van der Waals surface area contributed by atoms with Gasteiger partial charge in [-0.2, -0.15) is 15.0 Å². The van der Waals surface area contributed by atoms with Gasteiger partial charge in [-0.15, -0.1) is 0 Å². The molecule has 64 heavy (non-hydrogen) atoms. The Bertz CT molecular complexity index is 4790. The van der Waals surface area contributed by atoms with Crippen LogP contribution in [0, 0.1) is 0 Å². The predicted octanol–water partition coefficient (Wildman–Crippen LogP) is 14.4. The summed E-state index contributed by atoms with van der Waals surface area (Å²) in [5, 5.41) is 2.35. The minimum atomic E-state index is -0.717. The van der Waals surface area contributed by atoms with Crippen molar-refractivity contribution in [3.05, 3.63) is 206 Å². The van der Waals surface area contributed by atoms with E-state index in [0.29, 0.717) is 28.0 Å². The van der Waals surface area contributed by atoms with Gasteiger partial charge in [0.1, 0.15) is 11.2 Å². The van der Waals surface area contributed by atoms with Gasteiger partial charge in [0.25, 0.3) is 0 Å². The van der Waals surface area contributed by atoms with E-state index >= 15 is 0 Å². The van der Waals surface area contributed by atoms with Crippen LogP contribution in [-0.2, 0) is 0 Å². The Kier molecular flexibility index (Phi) is 4.77. The zero-order valence-corrected chi connectivity index (χ0v) is 33.0. The molecular weight excluding hydrogens is 785 g/mol. The first kappa shape index (κ1) is 22.9. The van der Waals surface area contributed by atoms with Crippen LogP contribution in [0.4, 0.5) is 0 Å². The zero-order chi connectivity index (χ0) is 55.8. The lowest BCUT2D eigenvalue weighted by atomic mass is 9.96. The van der Waals surface area contributed by atoms with Crippen molar-refractivity contribution in [2.45, 2.75) is 0 Å². The molecule has 0 aliphatic heterocycles. The maximum absolute atomic E-state index is 9.46. The second kappa shape index (κ2) is 13.3. The van der Waals surface area contributed by atoms with Crippen LogP contribution in [-0.4, -0.2) is 28.7 Å². The van der Waals surface area contributed by atoms with Gasteiger partial charge in [-0.25, -0.2) is 0 Å². The van der Waals surface area contributed by atoms with Crippen molar-refractivity contribution in [2.24, 2.45) is 0 Å². The Hall–Kier alpha value is -8.81. The highest BCUT2D eigenvalue weighted by Gasteiger charge is 2.25. The van der Waals surface area contributed by atoms with Crippen molar-refractivity contribution < 1.29 is 26.3 Å². The smallest absolute Gasteiger partial charge is 0.240 e. The van der Waals surface area contributed by atoms with Gasteiger partial charge in [-0.05, 0) is 71.7 Å². The fourth-order valence-corrected chi connectivity index (χ4v) is 9.18. The van der Waals surface area contributed by atoms with Crippen LogP contribution < -0.4 is 0 Å². The van der Waals surface area contributed by atoms with Crippen LogP contribution in [0.3, 0.4) is 0 Å². The Balaban J connectivity index is 1.23. The van der Waals surface area contributed by atoms with E-state index in [4.69, 9.17) is 30.3 Å². The second-order valence-corrected chi connectivity index (χ2v) is 15.2. The van der Waals surface area contributed by atoms with E-state index in [2.05, 4.69) is 0 Å². The fourth-order valence-electron chi connectivity index (χ4n) is 9.18. The average Bonchev–Trinajstić information content (AvgIpc) is 4.33. The summed E-state index contributed by atoms with van der Waals surface area (Å²) in [4.78, 5) is 15.4. The number of hydrogen-bond acceptors (Lipinski definition) is 4. The van der Waals surface area contributed by atoms with E-state index in [0.717, 1.165) is 41.7 Å². The number of furan rings is 1. The molecule has 0 saturated heterocycles. The van der Waals surface area contributed by atoms with Gasteiger partial charge in [0.05, 0.1) is 66.3 Å². The molecule has 298 valence electrons. The first-order valence-electron chi connectivity index (χ1n) is 28.2. The zero-order valence-electron chi connectivity index (χ0n) is 49.0. The minimum Gasteiger partial charge on any atom is -0.456 e. The number of nitrogens with zero attached hydrogens (tertiary/aromatic N) is 6. The molecule has 0 aliphatic rings. The van der Waals surface area contributed by atoms with E-state index in [-0.39, 0.29) is 55.0 Å².